The molecule has 0 aliphatic carbocycles. The maximum atomic E-state index is 11.7. The van der Waals surface area contributed by atoms with Gasteiger partial charge in [0.2, 0.25) is 0 Å². The lowest BCUT2D eigenvalue weighted by atomic mass is 10.1. The number of urea groups is 1. The third-order valence-corrected chi connectivity index (χ3v) is 2.28. The van der Waals surface area contributed by atoms with Crippen LogP contribution >= 0.6 is 11.6 Å². The zero-order valence-electron chi connectivity index (χ0n) is 10.4. The van der Waals surface area contributed by atoms with Gasteiger partial charge >= 0.3 is 12.0 Å². The van der Waals surface area contributed by atoms with Crippen molar-refractivity contribution in [3.05, 3.63) is 28.8 Å². The predicted molar refractivity (Wildman–Crippen MR) is 70.3 cm³/mol. The molecule has 0 aliphatic rings. The number of halogens is 1. The number of carbonyl (C=O) groups is 2. The van der Waals surface area contributed by atoms with E-state index in [1.165, 1.54) is 12.1 Å². The topological polar surface area (TPSA) is 78.4 Å². The lowest BCUT2D eigenvalue weighted by molar-refractivity contribution is 0.0698. The number of aromatic carboxylic acids is 1. The van der Waals surface area contributed by atoms with E-state index in [1.54, 1.807) is 6.07 Å². The maximum absolute atomic E-state index is 11.7. The minimum absolute atomic E-state index is 0.0797. The van der Waals surface area contributed by atoms with Crippen LogP contribution in [0.1, 0.15) is 31.1 Å². The van der Waals surface area contributed by atoms with Gasteiger partial charge in [0, 0.05) is 5.54 Å². The Morgan fingerprint density at radius 2 is 1.89 bits per heavy atom. The summed E-state index contributed by atoms with van der Waals surface area (Å²) in [6.45, 7) is 5.47. The molecule has 0 saturated heterocycles. The Balaban J connectivity index is 2.95. The largest absolute Gasteiger partial charge is 0.478 e. The summed E-state index contributed by atoms with van der Waals surface area (Å²) in [4.78, 5) is 22.7. The van der Waals surface area contributed by atoms with Gasteiger partial charge in [-0.3, -0.25) is 0 Å². The minimum atomic E-state index is -1.19. The van der Waals surface area contributed by atoms with Crippen LogP contribution in [0.3, 0.4) is 0 Å². The molecule has 0 spiro atoms. The molecule has 0 heterocycles. The molecule has 6 heteroatoms. The normalized spacial score (nSPS) is 10.9. The predicted octanol–water partition coefficient (Wildman–Crippen LogP) is 2.96. The molecule has 1 aromatic carbocycles. The average molecular weight is 271 g/mol. The summed E-state index contributed by atoms with van der Waals surface area (Å²) in [5, 5.41) is 14.3. The van der Waals surface area contributed by atoms with Crippen molar-refractivity contribution < 1.29 is 14.7 Å². The third-order valence-electron chi connectivity index (χ3n) is 1.96. The van der Waals surface area contributed by atoms with Crippen molar-refractivity contribution in [2.24, 2.45) is 0 Å². The fourth-order valence-electron chi connectivity index (χ4n) is 1.34. The van der Waals surface area contributed by atoms with Gasteiger partial charge in [-0.05, 0) is 32.9 Å². The van der Waals surface area contributed by atoms with Gasteiger partial charge in [-0.1, -0.05) is 17.7 Å². The van der Waals surface area contributed by atoms with Crippen molar-refractivity contribution in [3.63, 3.8) is 0 Å². The molecule has 0 radical (unpaired) electrons. The van der Waals surface area contributed by atoms with Crippen LogP contribution in [-0.4, -0.2) is 22.6 Å². The van der Waals surface area contributed by atoms with Crippen molar-refractivity contribution in [2.75, 3.05) is 5.32 Å². The number of rotatable bonds is 2. The first-order valence-corrected chi connectivity index (χ1v) is 5.69. The second-order valence-electron chi connectivity index (χ2n) is 4.80. The molecule has 98 valence electrons. The minimum Gasteiger partial charge on any atom is -0.478 e. The Hall–Kier alpha value is -1.75. The molecular formula is C12H15ClN2O3. The zero-order valence-corrected chi connectivity index (χ0v) is 11.1. The summed E-state index contributed by atoms with van der Waals surface area (Å²) in [5.41, 5.74) is -0.369. The van der Waals surface area contributed by atoms with Gasteiger partial charge in [0.05, 0.1) is 10.7 Å². The number of anilines is 1. The Kier molecular flexibility index (Phi) is 4.19. The average Bonchev–Trinajstić information content (AvgIpc) is 2.13. The molecule has 1 aromatic rings. The molecular weight excluding hydrogens is 256 g/mol. The van der Waals surface area contributed by atoms with Crippen molar-refractivity contribution in [1.29, 1.82) is 0 Å². The van der Waals surface area contributed by atoms with Crippen LogP contribution < -0.4 is 10.6 Å². The molecule has 5 nitrogen and oxygen atoms in total. The Morgan fingerprint density at radius 1 is 1.28 bits per heavy atom. The van der Waals surface area contributed by atoms with E-state index in [4.69, 9.17) is 16.7 Å². The van der Waals surface area contributed by atoms with E-state index in [9.17, 15) is 9.59 Å². The van der Waals surface area contributed by atoms with Gasteiger partial charge in [0.15, 0.2) is 0 Å². The molecule has 0 atom stereocenters. The fraction of sp³-hybridized carbons (Fsp3) is 0.333. The molecule has 18 heavy (non-hydrogen) atoms. The molecule has 0 bridgehead atoms. The fourth-order valence-corrected chi connectivity index (χ4v) is 1.60. The number of hydrogen-bond acceptors (Lipinski definition) is 2. The van der Waals surface area contributed by atoms with Gasteiger partial charge in [-0.25, -0.2) is 9.59 Å². The number of hydrogen-bond donors (Lipinski definition) is 3. The van der Waals surface area contributed by atoms with E-state index in [2.05, 4.69) is 10.6 Å². The smallest absolute Gasteiger partial charge is 0.339 e. The molecule has 3 N–H and O–H groups in total. The van der Waals surface area contributed by atoms with Crippen LogP contribution in [0.4, 0.5) is 10.5 Å². The number of amides is 2. The van der Waals surface area contributed by atoms with Crippen LogP contribution in [-0.2, 0) is 0 Å². The van der Waals surface area contributed by atoms with E-state index in [-0.39, 0.29) is 16.3 Å². The highest BCUT2D eigenvalue weighted by molar-refractivity contribution is 6.34. The van der Waals surface area contributed by atoms with Crippen LogP contribution in [0.15, 0.2) is 18.2 Å². The summed E-state index contributed by atoms with van der Waals surface area (Å²) in [6.07, 6.45) is 0. The summed E-state index contributed by atoms with van der Waals surface area (Å²) >= 11 is 5.79. The number of carbonyl (C=O) groups excluding carboxylic acids is 1. The lowest BCUT2D eigenvalue weighted by Gasteiger charge is -2.21. The molecule has 0 aromatic heterocycles. The van der Waals surface area contributed by atoms with Gasteiger partial charge < -0.3 is 15.7 Å². The Morgan fingerprint density at radius 3 is 2.39 bits per heavy atom. The number of carboxylic acid groups (broad SMARTS) is 1. The van der Waals surface area contributed by atoms with Gasteiger partial charge in [-0.15, -0.1) is 0 Å². The number of carboxylic acids is 1. The molecule has 0 unspecified atom stereocenters. The second kappa shape index (κ2) is 5.27. The highest BCUT2D eigenvalue weighted by Gasteiger charge is 2.18. The van der Waals surface area contributed by atoms with E-state index in [1.807, 2.05) is 20.8 Å². The Labute approximate surface area is 110 Å². The van der Waals surface area contributed by atoms with Crippen molar-refractivity contribution in [1.82, 2.24) is 5.32 Å². The first-order valence-electron chi connectivity index (χ1n) is 5.31. The summed E-state index contributed by atoms with van der Waals surface area (Å²) in [5.74, 6) is -1.19. The highest BCUT2D eigenvalue weighted by Crippen LogP contribution is 2.24. The van der Waals surface area contributed by atoms with Crippen LogP contribution in [0.2, 0.25) is 5.02 Å². The standard InChI is InChI=1S/C12H15ClN2O3/c1-12(2,3)15-11(18)14-8-6-4-5-7(13)9(8)10(16)17/h4-6H,1-3H3,(H,16,17)(H2,14,15,18). The summed E-state index contributed by atoms with van der Waals surface area (Å²) in [6, 6.07) is 4.03. The second-order valence-corrected chi connectivity index (χ2v) is 5.20. The van der Waals surface area contributed by atoms with Gasteiger partial charge in [-0.2, -0.15) is 0 Å². The summed E-state index contributed by atoms with van der Waals surface area (Å²) < 4.78 is 0. The Bertz CT molecular complexity index is 481. The first kappa shape index (κ1) is 14.3. The first-order chi connectivity index (χ1) is 8.20. The van der Waals surface area contributed by atoms with Crippen molar-refractivity contribution in [3.8, 4) is 0 Å². The van der Waals surface area contributed by atoms with E-state index >= 15 is 0 Å². The number of nitrogens with one attached hydrogen (secondary N) is 2. The maximum Gasteiger partial charge on any atom is 0.339 e. The van der Waals surface area contributed by atoms with Crippen molar-refractivity contribution in [2.45, 2.75) is 26.3 Å². The SMILES string of the molecule is CC(C)(C)NC(=O)Nc1cccc(Cl)c1C(=O)O. The van der Waals surface area contributed by atoms with E-state index < -0.39 is 17.5 Å². The zero-order chi connectivity index (χ0) is 13.9. The monoisotopic (exact) mass is 270 g/mol. The third kappa shape index (κ3) is 3.92. The van der Waals surface area contributed by atoms with Crippen molar-refractivity contribution >= 4 is 29.3 Å². The van der Waals surface area contributed by atoms with Crippen LogP contribution in [0.25, 0.3) is 0 Å². The van der Waals surface area contributed by atoms with Crippen LogP contribution in [0, 0.1) is 0 Å². The van der Waals surface area contributed by atoms with E-state index in [0.29, 0.717) is 0 Å². The molecule has 2 amide bonds. The molecule has 0 fully saturated rings. The van der Waals surface area contributed by atoms with Gasteiger partial charge in [0.25, 0.3) is 0 Å². The number of benzene rings is 1. The molecule has 0 aliphatic heterocycles. The summed E-state index contributed by atoms with van der Waals surface area (Å²) in [7, 11) is 0. The van der Waals surface area contributed by atoms with Crippen LogP contribution in [0.5, 0.6) is 0 Å². The highest BCUT2D eigenvalue weighted by atomic mass is 35.5. The van der Waals surface area contributed by atoms with Gasteiger partial charge in [0.1, 0.15) is 5.56 Å². The van der Waals surface area contributed by atoms with E-state index in [0.717, 1.165) is 0 Å². The molecule has 0 saturated carbocycles. The molecule has 1 rings (SSSR count). The quantitative estimate of drug-likeness (QED) is 0.773. The lowest BCUT2D eigenvalue weighted by Crippen LogP contribution is -2.43.